The first kappa shape index (κ1) is 16.0. The molecule has 0 aliphatic carbocycles. The number of carboxylic acids is 1. The molecule has 0 aliphatic heterocycles. The molecule has 0 radical (unpaired) electrons. The first-order valence-corrected chi connectivity index (χ1v) is 6.31. The molecule has 0 saturated carbocycles. The standard InChI is InChI=1S/C14H19NO5/c1-9(2)8-20-11-5-3-4-10(6-11)13(17)15-12(7-16)14(18)19/h3-6,9,12,16H,7-8H2,1-2H3,(H,15,17)(H,18,19)/t12-/m1/s1. The number of carbonyl (C=O) groups is 2. The van der Waals surface area contributed by atoms with Crippen molar-refractivity contribution in [2.75, 3.05) is 13.2 Å². The molecule has 110 valence electrons. The second kappa shape index (κ2) is 7.49. The van der Waals surface area contributed by atoms with Gasteiger partial charge in [-0.3, -0.25) is 4.79 Å². The number of aliphatic hydroxyl groups is 1. The highest BCUT2D eigenvalue weighted by atomic mass is 16.5. The van der Waals surface area contributed by atoms with Gasteiger partial charge < -0.3 is 20.3 Å². The van der Waals surface area contributed by atoms with Crippen LogP contribution in [0.1, 0.15) is 24.2 Å². The smallest absolute Gasteiger partial charge is 0.328 e. The van der Waals surface area contributed by atoms with Gasteiger partial charge in [0.15, 0.2) is 6.04 Å². The lowest BCUT2D eigenvalue weighted by atomic mass is 10.2. The van der Waals surface area contributed by atoms with E-state index in [0.717, 1.165) is 0 Å². The normalized spacial score (nSPS) is 12.0. The minimum Gasteiger partial charge on any atom is -0.493 e. The highest BCUT2D eigenvalue weighted by Gasteiger charge is 2.19. The lowest BCUT2D eigenvalue weighted by Crippen LogP contribution is -2.43. The molecule has 1 amide bonds. The highest BCUT2D eigenvalue weighted by Crippen LogP contribution is 2.14. The lowest BCUT2D eigenvalue weighted by Gasteiger charge is -2.13. The lowest BCUT2D eigenvalue weighted by molar-refractivity contribution is -0.140. The third kappa shape index (κ3) is 4.89. The molecule has 6 nitrogen and oxygen atoms in total. The predicted octanol–water partition coefficient (Wildman–Crippen LogP) is 0.897. The van der Waals surface area contributed by atoms with E-state index in [4.69, 9.17) is 14.9 Å². The van der Waals surface area contributed by atoms with Crippen LogP contribution in [0.4, 0.5) is 0 Å². The summed E-state index contributed by atoms with van der Waals surface area (Å²) in [6.45, 7) is 3.88. The third-order valence-electron chi connectivity index (χ3n) is 2.47. The number of aliphatic hydroxyl groups excluding tert-OH is 1. The first-order valence-electron chi connectivity index (χ1n) is 6.31. The molecule has 0 bridgehead atoms. The number of ether oxygens (including phenoxy) is 1. The average Bonchev–Trinajstić information content (AvgIpc) is 2.42. The average molecular weight is 281 g/mol. The van der Waals surface area contributed by atoms with Crippen molar-refractivity contribution in [1.29, 1.82) is 0 Å². The fraction of sp³-hybridized carbons (Fsp3) is 0.429. The van der Waals surface area contributed by atoms with Crippen LogP contribution in [0.15, 0.2) is 24.3 Å². The Labute approximate surface area is 117 Å². The van der Waals surface area contributed by atoms with Gasteiger partial charge in [-0.25, -0.2) is 4.79 Å². The molecular weight excluding hydrogens is 262 g/mol. The summed E-state index contributed by atoms with van der Waals surface area (Å²) in [7, 11) is 0. The first-order chi connectivity index (χ1) is 9.43. The fourth-order valence-electron chi connectivity index (χ4n) is 1.42. The Morgan fingerprint density at radius 2 is 2.05 bits per heavy atom. The highest BCUT2D eigenvalue weighted by molar-refractivity contribution is 5.96. The molecular formula is C14H19NO5. The fourth-order valence-corrected chi connectivity index (χ4v) is 1.42. The number of rotatable bonds is 7. The molecule has 1 atom stereocenters. The number of carbonyl (C=O) groups excluding carboxylic acids is 1. The number of nitrogens with one attached hydrogen (secondary N) is 1. The molecule has 0 unspecified atom stereocenters. The largest absolute Gasteiger partial charge is 0.493 e. The molecule has 1 aromatic rings. The maximum atomic E-state index is 11.9. The van der Waals surface area contributed by atoms with Gasteiger partial charge in [0.1, 0.15) is 5.75 Å². The summed E-state index contributed by atoms with van der Waals surface area (Å²) in [6.07, 6.45) is 0. The van der Waals surface area contributed by atoms with Gasteiger partial charge in [0, 0.05) is 5.56 Å². The summed E-state index contributed by atoms with van der Waals surface area (Å²) in [5.41, 5.74) is 0.283. The van der Waals surface area contributed by atoms with E-state index in [1.807, 2.05) is 13.8 Å². The Balaban J connectivity index is 2.73. The number of hydrogen-bond donors (Lipinski definition) is 3. The van der Waals surface area contributed by atoms with E-state index in [9.17, 15) is 9.59 Å². The van der Waals surface area contributed by atoms with E-state index in [1.54, 1.807) is 18.2 Å². The zero-order chi connectivity index (χ0) is 15.1. The maximum Gasteiger partial charge on any atom is 0.328 e. The van der Waals surface area contributed by atoms with Gasteiger partial charge in [0.2, 0.25) is 0 Å². The van der Waals surface area contributed by atoms with Crippen molar-refractivity contribution in [2.45, 2.75) is 19.9 Å². The zero-order valence-electron chi connectivity index (χ0n) is 11.5. The Bertz CT molecular complexity index is 472. The predicted molar refractivity (Wildman–Crippen MR) is 72.8 cm³/mol. The van der Waals surface area contributed by atoms with Crippen LogP contribution in [0.2, 0.25) is 0 Å². The summed E-state index contributed by atoms with van der Waals surface area (Å²) in [5, 5.41) is 19.9. The van der Waals surface area contributed by atoms with Crippen LogP contribution in [-0.2, 0) is 4.79 Å². The van der Waals surface area contributed by atoms with Crippen molar-refractivity contribution in [3.8, 4) is 5.75 Å². The molecule has 1 rings (SSSR count). The zero-order valence-corrected chi connectivity index (χ0v) is 11.5. The second-order valence-corrected chi connectivity index (χ2v) is 4.78. The van der Waals surface area contributed by atoms with Gasteiger partial charge in [0.25, 0.3) is 5.91 Å². The van der Waals surface area contributed by atoms with Crippen LogP contribution in [0.25, 0.3) is 0 Å². The van der Waals surface area contributed by atoms with E-state index in [2.05, 4.69) is 5.32 Å². The number of benzene rings is 1. The number of hydrogen-bond acceptors (Lipinski definition) is 4. The van der Waals surface area contributed by atoms with Gasteiger partial charge in [-0.05, 0) is 24.1 Å². The van der Waals surface area contributed by atoms with Crippen molar-refractivity contribution in [1.82, 2.24) is 5.32 Å². The molecule has 0 aromatic heterocycles. The minimum absolute atomic E-state index is 0.283. The number of aliphatic carboxylic acids is 1. The van der Waals surface area contributed by atoms with Gasteiger partial charge in [-0.15, -0.1) is 0 Å². The Hall–Kier alpha value is -2.08. The minimum atomic E-state index is -1.32. The summed E-state index contributed by atoms with van der Waals surface area (Å²) < 4.78 is 5.49. The van der Waals surface area contributed by atoms with Crippen LogP contribution in [0.3, 0.4) is 0 Å². The van der Waals surface area contributed by atoms with E-state index in [0.29, 0.717) is 18.3 Å². The van der Waals surface area contributed by atoms with Crippen molar-refractivity contribution in [2.24, 2.45) is 5.92 Å². The summed E-state index contributed by atoms with van der Waals surface area (Å²) in [4.78, 5) is 22.6. The molecule has 0 saturated heterocycles. The van der Waals surface area contributed by atoms with E-state index >= 15 is 0 Å². The van der Waals surface area contributed by atoms with Crippen LogP contribution >= 0.6 is 0 Å². The topological polar surface area (TPSA) is 95.9 Å². The molecule has 0 spiro atoms. The van der Waals surface area contributed by atoms with Crippen molar-refractivity contribution in [3.63, 3.8) is 0 Å². The van der Waals surface area contributed by atoms with Gasteiger partial charge in [0.05, 0.1) is 13.2 Å². The molecule has 0 aliphatic rings. The quantitative estimate of drug-likeness (QED) is 0.690. The van der Waals surface area contributed by atoms with Gasteiger partial charge in [-0.1, -0.05) is 19.9 Å². The molecule has 0 fully saturated rings. The monoisotopic (exact) mass is 281 g/mol. The summed E-state index contributed by atoms with van der Waals surface area (Å²) >= 11 is 0. The molecule has 6 heteroatoms. The van der Waals surface area contributed by atoms with Crippen molar-refractivity contribution < 1.29 is 24.5 Å². The SMILES string of the molecule is CC(C)COc1cccc(C(=O)N[C@H](CO)C(=O)O)c1. The van der Waals surface area contributed by atoms with Gasteiger partial charge >= 0.3 is 5.97 Å². The maximum absolute atomic E-state index is 11.9. The Morgan fingerprint density at radius 1 is 1.35 bits per heavy atom. The number of carboxylic acid groups (broad SMARTS) is 1. The van der Waals surface area contributed by atoms with E-state index < -0.39 is 24.5 Å². The van der Waals surface area contributed by atoms with Crippen LogP contribution in [0.5, 0.6) is 5.75 Å². The Kier molecular flexibility index (Phi) is 5.99. The van der Waals surface area contributed by atoms with E-state index in [-0.39, 0.29) is 5.56 Å². The van der Waals surface area contributed by atoms with E-state index in [1.165, 1.54) is 6.07 Å². The van der Waals surface area contributed by atoms with Crippen molar-refractivity contribution in [3.05, 3.63) is 29.8 Å². The summed E-state index contributed by atoms with van der Waals surface area (Å²) in [6, 6.07) is 5.14. The molecule has 3 N–H and O–H groups in total. The van der Waals surface area contributed by atoms with Crippen LogP contribution in [-0.4, -0.2) is 41.3 Å². The molecule has 20 heavy (non-hydrogen) atoms. The van der Waals surface area contributed by atoms with Crippen molar-refractivity contribution >= 4 is 11.9 Å². The third-order valence-corrected chi connectivity index (χ3v) is 2.47. The Morgan fingerprint density at radius 3 is 2.60 bits per heavy atom. The number of amides is 1. The van der Waals surface area contributed by atoms with Crippen LogP contribution in [0, 0.1) is 5.92 Å². The van der Waals surface area contributed by atoms with Gasteiger partial charge in [-0.2, -0.15) is 0 Å². The second-order valence-electron chi connectivity index (χ2n) is 4.78. The van der Waals surface area contributed by atoms with Crippen LogP contribution < -0.4 is 10.1 Å². The molecule has 1 aromatic carbocycles. The summed E-state index contributed by atoms with van der Waals surface area (Å²) in [5.74, 6) is -0.949. The molecule has 0 heterocycles.